The number of alkyl halides is 3. The number of carbonyl (C=O) groups excluding carboxylic acids is 2. The summed E-state index contributed by atoms with van der Waals surface area (Å²) in [5.41, 5.74) is 4.59. The standard InChI is InChI=1S/C16H17F3N2O2/c1-10(11-5-2-3-6-12(11)16(17,18)19)9-14(22)21-8-4-7-13(21)15(20)23/h2-3,5-6,9,13H,4,7-8H2,1H3,(H2,20,23)/b10-9-. The van der Waals surface area contributed by atoms with Gasteiger partial charge in [-0.15, -0.1) is 0 Å². The van der Waals surface area contributed by atoms with E-state index in [-0.39, 0.29) is 11.1 Å². The van der Waals surface area contributed by atoms with Gasteiger partial charge in [0.25, 0.3) is 0 Å². The third kappa shape index (κ3) is 3.72. The van der Waals surface area contributed by atoms with Crippen LogP contribution in [0.25, 0.3) is 5.57 Å². The van der Waals surface area contributed by atoms with Crippen molar-refractivity contribution in [1.82, 2.24) is 4.90 Å². The van der Waals surface area contributed by atoms with Crippen molar-refractivity contribution in [2.45, 2.75) is 32.0 Å². The number of allylic oxidation sites excluding steroid dienone is 1. The summed E-state index contributed by atoms with van der Waals surface area (Å²) >= 11 is 0. The Hall–Kier alpha value is -2.31. The molecule has 0 spiro atoms. The lowest BCUT2D eigenvalue weighted by Crippen LogP contribution is -2.43. The summed E-state index contributed by atoms with van der Waals surface area (Å²) in [5.74, 6) is -1.10. The second-order valence-electron chi connectivity index (χ2n) is 5.46. The Bertz CT molecular complexity index is 653. The van der Waals surface area contributed by atoms with Gasteiger partial charge in [-0.1, -0.05) is 18.2 Å². The first-order chi connectivity index (χ1) is 10.7. The number of carbonyl (C=O) groups is 2. The van der Waals surface area contributed by atoms with E-state index in [4.69, 9.17) is 5.73 Å². The van der Waals surface area contributed by atoms with E-state index < -0.39 is 29.6 Å². The maximum absolute atomic E-state index is 13.0. The maximum Gasteiger partial charge on any atom is 0.416 e. The molecule has 4 nitrogen and oxygen atoms in total. The van der Waals surface area contributed by atoms with Gasteiger partial charge >= 0.3 is 6.18 Å². The van der Waals surface area contributed by atoms with E-state index in [1.165, 1.54) is 30.0 Å². The first-order valence-electron chi connectivity index (χ1n) is 7.16. The van der Waals surface area contributed by atoms with Crippen molar-refractivity contribution in [3.63, 3.8) is 0 Å². The monoisotopic (exact) mass is 326 g/mol. The molecule has 7 heteroatoms. The molecule has 1 heterocycles. The van der Waals surface area contributed by atoms with Crippen molar-refractivity contribution in [2.24, 2.45) is 5.73 Å². The quantitative estimate of drug-likeness (QED) is 0.868. The number of likely N-dealkylation sites (tertiary alicyclic amines) is 1. The lowest BCUT2D eigenvalue weighted by atomic mass is 10.00. The summed E-state index contributed by atoms with van der Waals surface area (Å²) in [4.78, 5) is 24.9. The molecule has 1 saturated heterocycles. The van der Waals surface area contributed by atoms with Gasteiger partial charge in [0.05, 0.1) is 5.56 Å². The van der Waals surface area contributed by atoms with Crippen LogP contribution in [0.2, 0.25) is 0 Å². The number of nitrogens with zero attached hydrogens (tertiary/aromatic N) is 1. The van der Waals surface area contributed by atoms with E-state index in [9.17, 15) is 22.8 Å². The van der Waals surface area contributed by atoms with Gasteiger partial charge in [-0.2, -0.15) is 13.2 Å². The van der Waals surface area contributed by atoms with E-state index in [1.807, 2.05) is 0 Å². The molecule has 1 atom stereocenters. The van der Waals surface area contributed by atoms with Crippen molar-refractivity contribution in [3.05, 3.63) is 41.5 Å². The molecule has 0 saturated carbocycles. The third-order valence-electron chi connectivity index (χ3n) is 3.86. The van der Waals surface area contributed by atoms with Crippen LogP contribution >= 0.6 is 0 Å². The lowest BCUT2D eigenvalue weighted by molar-refractivity contribution is -0.137. The van der Waals surface area contributed by atoms with E-state index in [1.54, 1.807) is 0 Å². The van der Waals surface area contributed by atoms with E-state index in [0.29, 0.717) is 19.4 Å². The van der Waals surface area contributed by atoms with E-state index in [2.05, 4.69) is 0 Å². The van der Waals surface area contributed by atoms with Gasteiger partial charge in [0.1, 0.15) is 6.04 Å². The summed E-state index contributed by atoms with van der Waals surface area (Å²) in [6.45, 7) is 1.81. The highest BCUT2D eigenvalue weighted by molar-refractivity contribution is 5.98. The van der Waals surface area contributed by atoms with Crippen LogP contribution in [-0.4, -0.2) is 29.3 Å². The highest BCUT2D eigenvalue weighted by Crippen LogP contribution is 2.34. The smallest absolute Gasteiger partial charge is 0.368 e. The molecule has 2 amide bonds. The highest BCUT2D eigenvalue weighted by Gasteiger charge is 2.34. The molecule has 2 N–H and O–H groups in total. The van der Waals surface area contributed by atoms with E-state index in [0.717, 1.165) is 12.1 Å². The molecular weight excluding hydrogens is 309 g/mol. The van der Waals surface area contributed by atoms with Gasteiger partial charge in [0, 0.05) is 12.6 Å². The minimum atomic E-state index is -4.50. The van der Waals surface area contributed by atoms with Crippen molar-refractivity contribution in [1.29, 1.82) is 0 Å². The van der Waals surface area contributed by atoms with Gasteiger partial charge in [0.15, 0.2) is 0 Å². The summed E-state index contributed by atoms with van der Waals surface area (Å²) in [6.07, 6.45) is -2.25. The highest BCUT2D eigenvalue weighted by atomic mass is 19.4. The molecular formula is C16H17F3N2O2. The molecule has 1 aliphatic heterocycles. The Morgan fingerprint density at radius 3 is 2.57 bits per heavy atom. The zero-order valence-electron chi connectivity index (χ0n) is 12.6. The Balaban J connectivity index is 2.30. The number of hydrogen-bond acceptors (Lipinski definition) is 2. The molecule has 0 aliphatic carbocycles. The van der Waals surface area contributed by atoms with Crippen LogP contribution in [0.15, 0.2) is 30.3 Å². The van der Waals surface area contributed by atoms with Crippen LogP contribution in [0.3, 0.4) is 0 Å². The van der Waals surface area contributed by atoms with Gasteiger partial charge in [-0.3, -0.25) is 9.59 Å². The lowest BCUT2D eigenvalue weighted by Gasteiger charge is -2.21. The number of primary amides is 1. The minimum absolute atomic E-state index is 0.0526. The normalized spacial score (nSPS) is 19.0. The molecule has 23 heavy (non-hydrogen) atoms. The van der Waals surface area contributed by atoms with Gasteiger partial charge in [-0.05, 0) is 37.0 Å². The first kappa shape index (κ1) is 17.1. The van der Waals surface area contributed by atoms with Crippen molar-refractivity contribution >= 4 is 17.4 Å². The van der Waals surface area contributed by atoms with E-state index >= 15 is 0 Å². The number of amides is 2. The molecule has 1 fully saturated rings. The Labute approximate surface area is 131 Å². The maximum atomic E-state index is 13.0. The van der Waals surface area contributed by atoms with Crippen LogP contribution in [0, 0.1) is 0 Å². The van der Waals surface area contributed by atoms with Gasteiger partial charge in [-0.25, -0.2) is 0 Å². The van der Waals surface area contributed by atoms with Crippen LogP contribution in [-0.2, 0) is 15.8 Å². The number of hydrogen-bond donors (Lipinski definition) is 1. The fraction of sp³-hybridized carbons (Fsp3) is 0.375. The fourth-order valence-corrected chi connectivity index (χ4v) is 2.75. The topological polar surface area (TPSA) is 63.4 Å². The number of rotatable bonds is 3. The largest absolute Gasteiger partial charge is 0.416 e. The zero-order chi connectivity index (χ0) is 17.2. The van der Waals surface area contributed by atoms with Crippen molar-refractivity contribution in [3.8, 4) is 0 Å². The third-order valence-corrected chi connectivity index (χ3v) is 3.86. The molecule has 0 bridgehead atoms. The summed E-state index contributed by atoms with van der Waals surface area (Å²) < 4.78 is 39.1. The van der Waals surface area contributed by atoms with Crippen molar-refractivity contribution in [2.75, 3.05) is 6.54 Å². The van der Waals surface area contributed by atoms with Crippen LogP contribution in [0.4, 0.5) is 13.2 Å². The zero-order valence-corrected chi connectivity index (χ0v) is 12.6. The summed E-state index contributed by atoms with van der Waals surface area (Å²) in [6, 6.07) is 4.38. The summed E-state index contributed by atoms with van der Waals surface area (Å²) in [5, 5.41) is 0. The second kappa shape index (κ2) is 6.44. The van der Waals surface area contributed by atoms with Crippen molar-refractivity contribution < 1.29 is 22.8 Å². The molecule has 1 aromatic rings. The molecule has 2 rings (SSSR count). The number of halogens is 3. The predicted molar refractivity (Wildman–Crippen MR) is 79.0 cm³/mol. The molecule has 0 aromatic heterocycles. The summed E-state index contributed by atoms with van der Waals surface area (Å²) in [7, 11) is 0. The number of nitrogens with two attached hydrogens (primary N) is 1. The molecule has 1 aromatic carbocycles. The second-order valence-corrected chi connectivity index (χ2v) is 5.46. The number of benzene rings is 1. The fourth-order valence-electron chi connectivity index (χ4n) is 2.75. The van der Waals surface area contributed by atoms with Gasteiger partial charge in [0.2, 0.25) is 11.8 Å². The SMILES string of the molecule is C/C(=C/C(=O)N1CCCC1C(N)=O)c1ccccc1C(F)(F)F. The minimum Gasteiger partial charge on any atom is -0.368 e. The van der Waals surface area contributed by atoms with Crippen LogP contribution in [0.1, 0.15) is 30.9 Å². The molecule has 1 unspecified atom stereocenters. The average molecular weight is 326 g/mol. The predicted octanol–water partition coefficient (Wildman–Crippen LogP) is 2.59. The van der Waals surface area contributed by atoms with Crippen LogP contribution < -0.4 is 5.73 Å². The Morgan fingerprint density at radius 2 is 1.96 bits per heavy atom. The molecule has 124 valence electrons. The molecule has 0 radical (unpaired) electrons. The Morgan fingerprint density at radius 1 is 1.30 bits per heavy atom. The average Bonchev–Trinajstić information content (AvgIpc) is 2.96. The molecule has 1 aliphatic rings. The van der Waals surface area contributed by atoms with Gasteiger partial charge < -0.3 is 10.6 Å². The Kier molecular flexibility index (Phi) is 4.77. The van der Waals surface area contributed by atoms with Crippen LogP contribution in [0.5, 0.6) is 0 Å². The first-order valence-corrected chi connectivity index (χ1v) is 7.16.